The monoisotopic (exact) mass is 208 g/mol. The highest BCUT2D eigenvalue weighted by Gasteiger charge is 2.23. The summed E-state index contributed by atoms with van der Waals surface area (Å²) in [7, 11) is 0. The Balaban J connectivity index is 2.16. The summed E-state index contributed by atoms with van der Waals surface area (Å²) in [5.41, 5.74) is 0.702. The van der Waals surface area contributed by atoms with Crippen molar-refractivity contribution in [2.45, 2.75) is 25.2 Å². The van der Waals surface area contributed by atoms with Crippen LogP contribution in [0.5, 0.6) is 0 Å². The molecule has 0 spiro atoms. The fourth-order valence-electron chi connectivity index (χ4n) is 1.91. The number of aromatic nitrogens is 2. The Morgan fingerprint density at radius 2 is 2.07 bits per heavy atom. The van der Waals surface area contributed by atoms with Crippen LogP contribution in [0, 0.1) is 11.6 Å². The molecule has 0 bridgehead atoms. The Hall–Kier alpha value is -1.45. The lowest BCUT2D eigenvalue weighted by molar-refractivity contribution is 0.404. The van der Waals surface area contributed by atoms with Crippen molar-refractivity contribution in [3.8, 4) is 0 Å². The number of hydrogen-bond donors (Lipinski definition) is 1. The molecule has 2 aromatic rings. The summed E-state index contributed by atoms with van der Waals surface area (Å²) < 4.78 is 26.3. The van der Waals surface area contributed by atoms with Crippen molar-refractivity contribution >= 4 is 11.0 Å². The molecule has 78 valence electrons. The third kappa shape index (κ3) is 1.24. The molecular weight excluding hydrogens is 198 g/mol. The summed E-state index contributed by atoms with van der Waals surface area (Å²) in [6.07, 6.45) is 3.37. The molecule has 3 rings (SSSR count). The maximum absolute atomic E-state index is 13.3. The molecule has 0 unspecified atom stereocenters. The summed E-state index contributed by atoms with van der Waals surface area (Å²) >= 11 is 0. The molecule has 1 saturated carbocycles. The molecule has 0 saturated heterocycles. The maximum Gasteiger partial charge on any atom is 0.186 e. The standard InChI is InChI=1S/C11H10F2N2/c12-7-4-5-8-10(9(7)13)15-11(14-8)6-2-1-3-6/h4-6H,1-3H2,(H,14,15). The fraction of sp³-hybridized carbons (Fsp3) is 0.364. The molecule has 1 fully saturated rings. The third-order valence-electron chi connectivity index (χ3n) is 3.06. The SMILES string of the molecule is Fc1ccc2[nH]c(C3CCC3)nc2c1F. The summed E-state index contributed by atoms with van der Waals surface area (Å²) in [5.74, 6) is -0.496. The zero-order valence-corrected chi connectivity index (χ0v) is 8.06. The molecular formula is C11H10F2N2. The van der Waals surface area contributed by atoms with Gasteiger partial charge >= 0.3 is 0 Å². The highest BCUT2D eigenvalue weighted by Crippen LogP contribution is 2.35. The predicted octanol–water partition coefficient (Wildman–Crippen LogP) is 3.11. The number of imidazole rings is 1. The van der Waals surface area contributed by atoms with Gasteiger partial charge in [-0.2, -0.15) is 0 Å². The van der Waals surface area contributed by atoms with E-state index in [1.54, 1.807) is 0 Å². The van der Waals surface area contributed by atoms with Crippen LogP contribution in [0.3, 0.4) is 0 Å². The van der Waals surface area contributed by atoms with Gasteiger partial charge in [-0.25, -0.2) is 13.8 Å². The topological polar surface area (TPSA) is 28.7 Å². The zero-order valence-electron chi connectivity index (χ0n) is 8.06. The maximum atomic E-state index is 13.3. The van der Waals surface area contributed by atoms with Gasteiger partial charge in [0, 0.05) is 5.92 Å². The number of rotatable bonds is 1. The van der Waals surface area contributed by atoms with E-state index in [1.807, 2.05) is 0 Å². The molecule has 15 heavy (non-hydrogen) atoms. The second kappa shape index (κ2) is 3.02. The van der Waals surface area contributed by atoms with Crippen LogP contribution in [0.15, 0.2) is 12.1 Å². The van der Waals surface area contributed by atoms with E-state index >= 15 is 0 Å². The van der Waals surface area contributed by atoms with Gasteiger partial charge in [0.15, 0.2) is 11.6 Å². The summed E-state index contributed by atoms with van der Waals surface area (Å²) in [5, 5.41) is 0. The van der Waals surface area contributed by atoms with Crippen LogP contribution in [-0.2, 0) is 0 Å². The van der Waals surface area contributed by atoms with E-state index in [4.69, 9.17) is 0 Å². The van der Waals surface area contributed by atoms with Gasteiger partial charge < -0.3 is 4.98 Å². The van der Waals surface area contributed by atoms with Crippen LogP contribution in [0.25, 0.3) is 11.0 Å². The van der Waals surface area contributed by atoms with Crippen molar-refractivity contribution in [3.63, 3.8) is 0 Å². The molecule has 1 heterocycles. The van der Waals surface area contributed by atoms with Gasteiger partial charge in [-0.3, -0.25) is 0 Å². The first kappa shape index (κ1) is 8.83. The highest BCUT2D eigenvalue weighted by molar-refractivity contribution is 5.75. The number of H-pyrrole nitrogens is 1. The molecule has 4 heteroatoms. The van der Waals surface area contributed by atoms with E-state index in [2.05, 4.69) is 9.97 Å². The van der Waals surface area contributed by atoms with E-state index < -0.39 is 11.6 Å². The first-order chi connectivity index (χ1) is 7.25. The van der Waals surface area contributed by atoms with Crippen molar-refractivity contribution in [3.05, 3.63) is 29.6 Å². The average molecular weight is 208 g/mol. The zero-order chi connectivity index (χ0) is 10.4. The van der Waals surface area contributed by atoms with Crippen LogP contribution >= 0.6 is 0 Å². The van der Waals surface area contributed by atoms with E-state index in [1.165, 1.54) is 12.5 Å². The van der Waals surface area contributed by atoms with Gasteiger partial charge in [-0.1, -0.05) is 6.42 Å². The van der Waals surface area contributed by atoms with E-state index in [0.29, 0.717) is 11.4 Å². The molecule has 0 amide bonds. The number of nitrogens with one attached hydrogen (secondary N) is 1. The molecule has 0 atom stereocenters. The molecule has 1 aliphatic carbocycles. The second-order valence-electron chi connectivity index (χ2n) is 4.01. The molecule has 1 aromatic carbocycles. The molecule has 1 N–H and O–H groups in total. The second-order valence-corrected chi connectivity index (χ2v) is 4.01. The Kier molecular flexibility index (Phi) is 1.78. The number of aromatic amines is 1. The smallest absolute Gasteiger partial charge is 0.186 e. The van der Waals surface area contributed by atoms with Crippen LogP contribution in [0.2, 0.25) is 0 Å². The summed E-state index contributed by atoms with van der Waals surface area (Å²) in [6.45, 7) is 0. The summed E-state index contributed by atoms with van der Waals surface area (Å²) in [4.78, 5) is 7.17. The minimum Gasteiger partial charge on any atom is -0.342 e. The predicted molar refractivity (Wildman–Crippen MR) is 52.6 cm³/mol. The number of hydrogen-bond acceptors (Lipinski definition) is 1. The van der Waals surface area contributed by atoms with E-state index in [-0.39, 0.29) is 5.52 Å². The molecule has 0 aliphatic heterocycles. The molecule has 1 aromatic heterocycles. The Morgan fingerprint density at radius 3 is 2.73 bits per heavy atom. The normalized spacial score (nSPS) is 16.9. The minimum absolute atomic E-state index is 0.122. The van der Waals surface area contributed by atoms with Gasteiger partial charge in [0.2, 0.25) is 0 Å². The van der Waals surface area contributed by atoms with Gasteiger partial charge in [0.1, 0.15) is 11.3 Å². The van der Waals surface area contributed by atoms with Gasteiger partial charge in [-0.15, -0.1) is 0 Å². The quantitative estimate of drug-likeness (QED) is 0.766. The Bertz CT molecular complexity index is 515. The molecule has 1 aliphatic rings. The largest absolute Gasteiger partial charge is 0.342 e. The lowest BCUT2D eigenvalue weighted by Gasteiger charge is -2.22. The van der Waals surface area contributed by atoms with Gasteiger partial charge in [0.05, 0.1) is 5.52 Å². The number of halogens is 2. The van der Waals surface area contributed by atoms with Crippen molar-refractivity contribution in [2.24, 2.45) is 0 Å². The van der Waals surface area contributed by atoms with Gasteiger partial charge in [-0.05, 0) is 25.0 Å². The van der Waals surface area contributed by atoms with Gasteiger partial charge in [0.25, 0.3) is 0 Å². The molecule has 0 radical (unpaired) electrons. The van der Waals surface area contributed by atoms with E-state index in [9.17, 15) is 8.78 Å². The van der Waals surface area contributed by atoms with Crippen molar-refractivity contribution < 1.29 is 8.78 Å². The first-order valence-electron chi connectivity index (χ1n) is 5.09. The molecule has 2 nitrogen and oxygen atoms in total. The van der Waals surface area contributed by atoms with Crippen LogP contribution in [0.1, 0.15) is 31.0 Å². The lowest BCUT2D eigenvalue weighted by atomic mass is 9.85. The minimum atomic E-state index is -0.852. The number of nitrogens with zero attached hydrogens (tertiary/aromatic N) is 1. The number of fused-ring (bicyclic) bond motifs is 1. The lowest BCUT2D eigenvalue weighted by Crippen LogP contribution is -2.10. The van der Waals surface area contributed by atoms with Crippen LogP contribution < -0.4 is 0 Å². The third-order valence-corrected chi connectivity index (χ3v) is 3.06. The Morgan fingerprint density at radius 1 is 1.27 bits per heavy atom. The van der Waals surface area contributed by atoms with E-state index in [0.717, 1.165) is 24.7 Å². The van der Waals surface area contributed by atoms with Crippen molar-refractivity contribution in [1.82, 2.24) is 9.97 Å². The van der Waals surface area contributed by atoms with Crippen molar-refractivity contribution in [1.29, 1.82) is 0 Å². The highest BCUT2D eigenvalue weighted by atomic mass is 19.2. The van der Waals surface area contributed by atoms with Crippen LogP contribution in [0.4, 0.5) is 8.78 Å². The van der Waals surface area contributed by atoms with Crippen molar-refractivity contribution in [2.75, 3.05) is 0 Å². The Labute approximate surface area is 85.3 Å². The average Bonchev–Trinajstić information content (AvgIpc) is 2.53. The van der Waals surface area contributed by atoms with Crippen LogP contribution in [-0.4, -0.2) is 9.97 Å². The number of benzene rings is 1. The fourth-order valence-corrected chi connectivity index (χ4v) is 1.91. The summed E-state index contributed by atoms with van der Waals surface area (Å²) in [6, 6.07) is 2.66. The first-order valence-corrected chi connectivity index (χ1v) is 5.09.